The lowest BCUT2D eigenvalue weighted by atomic mass is 10.1. The SMILES string of the molecule is O=C(O)c1ccc(CNCc2ccccc2OCC2CC2)cc1. The van der Waals surface area contributed by atoms with Gasteiger partial charge in [-0.15, -0.1) is 0 Å². The Kier molecular flexibility index (Phi) is 4.93. The van der Waals surface area contributed by atoms with E-state index in [0.29, 0.717) is 12.1 Å². The minimum Gasteiger partial charge on any atom is -0.493 e. The van der Waals surface area contributed by atoms with Crippen LogP contribution in [0, 0.1) is 5.92 Å². The Morgan fingerprint density at radius 1 is 1.09 bits per heavy atom. The zero-order valence-corrected chi connectivity index (χ0v) is 13.0. The first-order chi connectivity index (χ1) is 11.2. The number of carboxylic acid groups (broad SMARTS) is 1. The molecule has 0 radical (unpaired) electrons. The van der Waals surface area contributed by atoms with Gasteiger partial charge in [-0.1, -0.05) is 30.3 Å². The van der Waals surface area contributed by atoms with E-state index >= 15 is 0 Å². The van der Waals surface area contributed by atoms with Crippen LogP contribution in [0.15, 0.2) is 48.5 Å². The molecule has 1 aliphatic rings. The van der Waals surface area contributed by atoms with Crippen molar-refractivity contribution < 1.29 is 14.6 Å². The first kappa shape index (κ1) is 15.6. The average Bonchev–Trinajstić information content (AvgIpc) is 3.39. The van der Waals surface area contributed by atoms with E-state index in [1.807, 2.05) is 30.3 Å². The van der Waals surface area contributed by atoms with Gasteiger partial charge in [-0.05, 0) is 42.5 Å². The van der Waals surface area contributed by atoms with Crippen LogP contribution in [0.25, 0.3) is 0 Å². The molecule has 0 amide bonds. The number of rotatable bonds is 8. The molecule has 23 heavy (non-hydrogen) atoms. The topological polar surface area (TPSA) is 58.6 Å². The zero-order chi connectivity index (χ0) is 16.1. The Hall–Kier alpha value is -2.33. The minimum absolute atomic E-state index is 0.313. The molecule has 4 nitrogen and oxygen atoms in total. The van der Waals surface area contributed by atoms with E-state index in [1.54, 1.807) is 12.1 Å². The van der Waals surface area contributed by atoms with Crippen molar-refractivity contribution in [3.63, 3.8) is 0 Å². The van der Waals surface area contributed by atoms with Crippen LogP contribution in [0.2, 0.25) is 0 Å². The third kappa shape index (κ3) is 4.57. The van der Waals surface area contributed by atoms with Gasteiger partial charge in [-0.2, -0.15) is 0 Å². The molecular weight excluding hydrogens is 290 g/mol. The highest BCUT2D eigenvalue weighted by atomic mass is 16.5. The zero-order valence-electron chi connectivity index (χ0n) is 13.0. The third-order valence-corrected chi connectivity index (χ3v) is 3.99. The second-order valence-electron chi connectivity index (χ2n) is 5.97. The summed E-state index contributed by atoms with van der Waals surface area (Å²) in [5.41, 5.74) is 2.52. The van der Waals surface area contributed by atoms with Gasteiger partial charge in [0.25, 0.3) is 0 Å². The van der Waals surface area contributed by atoms with Crippen molar-refractivity contribution in [2.75, 3.05) is 6.61 Å². The van der Waals surface area contributed by atoms with Crippen LogP contribution in [-0.4, -0.2) is 17.7 Å². The summed E-state index contributed by atoms with van der Waals surface area (Å²) in [4.78, 5) is 10.8. The molecule has 0 atom stereocenters. The summed E-state index contributed by atoms with van der Waals surface area (Å²) in [7, 11) is 0. The Bertz CT molecular complexity index is 663. The molecule has 0 unspecified atom stereocenters. The lowest BCUT2D eigenvalue weighted by Gasteiger charge is -2.12. The summed E-state index contributed by atoms with van der Waals surface area (Å²) in [6, 6.07) is 15.0. The Morgan fingerprint density at radius 2 is 1.83 bits per heavy atom. The number of ether oxygens (including phenoxy) is 1. The molecule has 1 fully saturated rings. The maximum absolute atomic E-state index is 10.8. The van der Waals surface area contributed by atoms with Crippen LogP contribution in [0.5, 0.6) is 5.75 Å². The van der Waals surface area contributed by atoms with E-state index in [2.05, 4.69) is 11.4 Å². The van der Waals surface area contributed by atoms with E-state index in [4.69, 9.17) is 9.84 Å². The largest absolute Gasteiger partial charge is 0.493 e. The number of carbonyl (C=O) groups is 1. The summed E-state index contributed by atoms with van der Waals surface area (Å²) in [5, 5.41) is 12.3. The van der Waals surface area contributed by atoms with Crippen molar-refractivity contribution in [1.82, 2.24) is 5.32 Å². The predicted molar refractivity (Wildman–Crippen MR) is 88.6 cm³/mol. The lowest BCUT2D eigenvalue weighted by molar-refractivity contribution is 0.0697. The van der Waals surface area contributed by atoms with Crippen molar-refractivity contribution >= 4 is 5.97 Å². The molecule has 2 aromatic carbocycles. The van der Waals surface area contributed by atoms with Gasteiger partial charge in [0.05, 0.1) is 12.2 Å². The van der Waals surface area contributed by atoms with Gasteiger partial charge in [0.1, 0.15) is 5.75 Å². The standard InChI is InChI=1S/C19H21NO3/c21-19(22)16-9-7-14(8-10-16)11-20-12-17-3-1-2-4-18(17)23-13-15-5-6-15/h1-4,7-10,15,20H,5-6,11-13H2,(H,21,22). The summed E-state index contributed by atoms with van der Waals surface area (Å²) in [6.45, 7) is 2.23. The maximum atomic E-state index is 10.8. The highest BCUT2D eigenvalue weighted by molar-refractivity contribution is 5.87. The van der Waals surface area contributed by atoms with Gasteiger partial charge in [-0.3, -0.25) is 0 Å². The van der Waals surface area contributed by atoms with Crippen LogP contribution >= 0.6 is 0 Å². The van der Waals surface area contributed by atoms with Gasteiger partial charge >= 0.3 is 5.97 Å². The second-order valence-corrected chi connectivity index (χ2v) is 5.97. The number of hydrogen-bond acceptors (Lipinski definition) is 3. The molecule has 0 spiro atoms. The van der Waals surface area contributed by atoms with Crippen LogP contribution in [-0.2, 0) is 13.1 Å². The molecule has 0 saturated heterocycles. The maximum Gasteiger partial charge on any atom is 0.335 e. The Morgan fingerprint density at radius 3 is 2.52 bits per heavy atom. The van der Waals surface area contributed by atoms with E-state index in [-0.39, 0.29) is 0 Å². The molecular formula is C19H21NO3. The molecule has 0 heterocycles. The van der Waals surface area contributed by atoms with E-state index in [1.165, 1.54) is 12.8 Å². The first-order valence-corrected chi connectivity index (χ1v) is 7.96. The summed E-state index contributed by atoms with van der Waals surface area (Å²) in [5.74, 6) is 0.795. The molecule has 2 N–H and O–H groups in total. The van der Waals surface area contributed by atoms with Crippen molar-refractivity contribution in [3.8, 4) is 5.75 Å². The van der Waals surface area contributed by atoms with Gasteiger partial charge in [0.15, 0.2) is 0 Å². The summed E-state index contributed by atoms with van der Waals surface area (Å²) >= 11 is 0. The molecule has 2 aromatic rings. The fourth-order valence-electron chi connectivity index (χ4n) is 2.39. The van der Waals surface area contributed by atoms with Crippen LogP contribution in [0.3, 0.4) is 0 Å². The number of nitrogens with one attached hydrogen (secondary N) is 1. The minimum atomic E-state index is -0.897. The average molecular weight is 311 g/mol. The van der Waals surface area contributed by atoms with Crippen LogP contribution in [0.1, 0.15) is 34.3 Å². The van der Waals surface area contributed by atoms with Gasteiger partial charge in [-0.25, -0.2) is 4.79 Å². The molecule has 3 rings (SSSR count). The number of para-hydroxylation sites is 1. The molecule has 0 aromatic heterocycles. The predicted octanol–water partition coefficient (Wildman–Crippen LogP) is 3.46. The first-order valence-electron chi connectivity index (χ1n) is 7.96. The Labute approximate surface area is 136 Å². The molecule has 120 valence electrons. The highest BCUT2D eigenvalue weighted by Crippen LogP contribution is 2.30. The lowest BCUT2D eigenvalue weighted by Crippen LogP contribution is -2.14. The summed E-state index contributed by atoms with van der Waals surface area (Å²) in [6.07, 6.45) is 2.57. The van der Waals surface area contributed by atoms with Crippen molar-refractivity contribution in [2.45, 2.75) is 25.9 Å². The van der Waals surface area contributed by atoms with E-state index in [0.717, 1.165) is 35.9 Å². The fraction of sp³-hybridized carbons (Fsp3) is 0.316. The van der Waals surface area contributed by atoms with Gasteiger partial charge in [0.2, 0.25) is 0 Å². The molecule has 4 heteroatoms. The van der Waals surface area contributed by atoms with Crippen LogP contribution < -0.4 is 10.1 Å². The van der Waals surface area contributed by atoms with Crippen molar-refractivity contribution in [1.29, 1.82) is 0 Å². The van der Waals surface area contributed by atoms with Crippen molar-refractivity contribution in [2.24, 2.45) is 5.92 Å². The second kappa shape index (κ2) is 7.29. The molecule has 1 saturated carbocycles. The van der Waals surface area contributed by atoms with Gasteiger partial charge in [0, 0.05) is 18.7 Å². The summed E-state index contributed by atoms with van der Waals surface area (Å²) < 4.78 is 5.90. The van der Waals surface area contributed by atoms with E-state index in [9.17, 15) is 4.79 Å². The number of aromatic carboxylic acids is 1. The normalized spacial score (nSPS) is 13.7. The molecule has 1 aliphatic carbocycles. The molecule has 0 bridgehead atoms. The van der Waals surface area contributed by atoms with Gasteiger partial charge < -0.3 is 15.2 Å². The number of carboxylic acids is 1. The number of hydrogen-bond donors (Lipinski definition) is 2. The quantitative estimate of drug-likeness (QED) is 0.784. The fourth-order valence-corrected chi connectivity index (χ4v) is 2.39. The Balaban J connectivity index is 1.52. The highest BCUT2D eigenvalue weighted by Gasteiger charge is 2.22. The smallest absolute Gasteiger partial charge is 0.335 e. The monoisotopic (exact) mass is 311 g/mol. The van der Waals surface area contributed by atoms with Crippen molar-refractivity contribution in [3.05, 3.63) is 65.2 Å². The van der Waals surface area contributed by atoms with Crippen LogP contribution in [0.4, 0.5) is 0 Å². The third-order valence-electron chi connectivity index (χ3n) is 3.99. The van der Waals surface area contributed by atoms with E-state index < -0.39 is 5.97 Å². The number of benzene rings is 2. The molecule has 0 aliphatic heterocycles.